The lowest BCUT2D eigenvalue weighted by molar-refractivity contribution is -0.137. The third-order valence-corrected chi connectivity index (χ3v) is 3.74. The number of nitrogens with one attached hydrogen (secondary N) is 1. The highest BCUT2D eigenvalue weighted by Crippen LogP contribution is 2.26. The third kappa shape index (κ3) is 6.45. The summed E-state index contributed by atoms with van der Waals surface area (Å²) in [4.78, 5) is 24.3. The molecule has 5 heteroatoms. The van der Waals surface area contributed by atoms with Crippen molar-refractivity contribution in [2.45, 2.75) is 52.4 Å². The fourth-order valence-corrected chi connectivity index (χ4v) is 2.29. The van der Waals surface area contributed by atoms with Crippen molar-refractivity contribution in [3.8, 4) is 0 Å². The van der Waals surface area contributed by atoms with E-state index in [9.17, 15) is 9.59 Å². The third-order valence-electron chi connectivity index (χ3n) is 3.74. The molecule has 110 valence electrons. The molecule has 1 rings (SSSR count). The summed E-state index contributed by atoms with van der Waals surface area (Å²) in [6.07, 6.45) is 5.04. The molecule has 2 amide bonds. The van der Waals surface area contributed by atoms with Crippen LogP contribution in [0.25, 0.3) is 0 Å². The summed E-state index contributed by atoms with van der Waals surface area (Å²) in [5, 5.41) is 11.6. The van der Waals surface area contributed by atoms with Crippen LogP contribution in [0, 0.1) is 5.41 Å². The normalized spacial score (nSPS) is 16.2. The first-order chi connectivity index (χ1) is 8.91. The number of carboxylic acid groups (broad SMARTS) is 1. The number of carbonyl (C=O) groups is 2. The summed E-state index contributed by atoms with van der Waals surface area (Å²) in [6, 6.07) is 0.0220. The summed E-state index contributed by atoms with van der Waals surface area (Å²) in [7, 11) is 0. The molecule has 0 saturated carbocycles. The molecule has 1 aliphatic heterocycles. The van der Waals surface area contributed by atoms with Gasteiger partial charge in [-0.1, -0.05) is 13.8 Å². The highest BCUT2D eigenvalue weighted by Gasteiger charge is 2.20. The minimum Gasteiger partial charge on any atom is -0.481 e. The van der Waals surface area contributed by atoms with Crippen molar-refractivity contribution < 1.29 is 14.7 Å². The van der Waals surface area contributed by atoms with Gasteiger partial charge in [-0.25, -0.2) is 4.79 Å². The first kappa shape index (κ1) is 15.8. The molecule has 1 heterocycles. The molecule has 5 nitrogen and oxygen atoms in total. The predicted octanol–water partition coefficient (Wildman–Crippen LogP) is 2.46. The van der Waals surface area contributed by atoms with E-state index in [0.717, 1.165) is 32.4 Å². The molecule has 0 aromatic carbocycles. The maximum absolute atomic E-state index is 11.9. The van der Waals surface area contributed by atoms with Gasteiger partial charge in [0.15, 0.2) is 0 Å². The number of carboxylic acids is 1. The van der Waals surface area contributed by atoms with Gasteiger partial charge in [-0.15, -0.1) is 0 Å². The molecule has 1 aliphatic rings. The van der Waals surface area contributed by atoms with Crippen molar-refractivity contribution in [2.24, 2.45) is 5.41 Å². The highest BCUT2D eigenvalue weighted by atomic mass is 16.4. The van der Waals surface area contributed by atoms with Crippen LogP contribution in [-0.2, 0) is 4.79 Å². The number of nitrogens with zero attached hydrogens (tertiary/aromatic N) is 1. The van der Waals surface area contributed by atoms with E-state index in [2.05, 4.69) is 5.32 Å². The standard InChI is InChI=1S/C14H26N2O3/c1-14(2,7-6-12(17)18)8-9-15-13(19)16-10-4-3-5-11-16/h3-11H2,1-2H3,(H,15,19)(H,17,18). The van der Waals surface area contributed by atoms with Crippen LogP contribution in [-0.4, -0.2) is 41.6 Å². The van der Waals surface area contributed by atoms with E-state index in [1.54, 1.807) is 0 Å². The van der Waals surface area contributed by atoms with Crippen molar-refractivity contribution in [3.05, 3.63) is 0 Å². The summed E-state index contributed by atoms with van der Waals surface area (Å²) in [5.74, 6) is -0.759. The molecule has 0 bridgehead atoms. The number of hydrogen-bond acceptors (Lipinski definition) is 2. The molecular formula is C14H26N2O3. The Morgan fingerprint density at radius 3 is 2.37 bits per heavy atom. The quantitative estimate of drug-likeness (QED) is 0.779. The maximum atomic E-state index is 11.9. The molecule has 0 atom stereocenters. The van der Waals surface area contributed by atoms with Crippen molar-refractivity contribution in [1.82, 2.24) is 10.2 Å². The molecule has 0 unspecified atom stereocenters. The Morgan fingerprint density at radius 1 is 1.16 bits per heavy atom. The summed E-state index contributed by atoms with van der Waals surface area (Å²) in [5.41, 5.74) is -0.0480. The van der Waals surface area contributed by atoms with E-state index < -0.39 is 5.97 Å². The van der Waals surface area contributed by atoms with Crippen LogP contribution in [0.15, 0.2) is 0 Å². The minimum atomic E-state index is -0.759. The molecule has 2 N–H and O–H groups in total. The fourth-order valence-electron chi connectivity index (χ4n) is 2.29. The predicted molar refractivity (Wildman–Crippen MR) is 74.1 cm³/mol. The number of hydrogen-bond donors (Lipinski definition) is 2. The van der Waals surface area contributed by atoms with E-state index in [1.165, 1.54) is 6.42 Å². The first-order valence-electron chi connectivity index (χ1n) is 7.15. The SMILES string of the molecule is CC(C)(CCNC(=O)N1CCCCC1)CCC(=O)O. The van der Waals surface area contributed by atoms with Crippen molar-refractivity contribution in [1.29, 1.82) is 0 Å². The summed E-state index contributed by atoms with van der Waals surface area (Å²) < 4.78 is 0. The second-order valence-electron chi connectivity index (χ2n) is 6.09. The molecule has 19 heavy (non-hydrogen) atoms. The van der Waals surface area contributed by atoms with Gasteiger partial charge in [0, 0.05) is 26.1 Å². The molecular weight excluding hydrogens is 244 g/mol. The van der Waals surface area contributed by atoms with Crippen LogP contribution < -0.4 is 5.32 Å². The molecule has 1 saturated heterocycles. The summed E-state index contributed by atoms with van der Waals surface area (Å²) >= 11 is 0. The molecule has 0 spiro atoms. The van der Waals surface area contributed by atoms with E-state index in [1.807, 2.05) is 18.7 Å². The van der Waals surface area contributed by atoms with Gasteiger partial charge in [0.05, 0.1) is 0 Å². The number of carbonyl (C=O) groups excluding carboxylic acids is 1. The Morgan fingerprint density at radius 2 is 1.79 bits per heavy atom. The van der Waals surface area contributed by atoms with Crippen molar-refractivity contribution in [2.75, 3.05) is 19.6 Å². The van der Waals surface area contributed by atoms with E-state index in [-0.39, 0.29) is 17.9 Å². The van der Waals surface area contributed by atoms with Crippen LogP contribution in [0.2, 0.25) is 0 Å². The zero-order chi connectivity index (χ0) is 14.3. The second kappa shape index (κ2) is 7.36. The lowest BCUT2D eigenvalue weighted by Gasteiger charge is -2.28. The van der Waals surface area contributed by atoms with Gasteiger partial charge in [0.1, 0.15) is 0 Å². The van der Waals surface area contributed by atoms with Gasteiger partial charge in [0.2, 0.25) is 0 Å². The number of aliphatic carboxylic acids is 1. The average Bonchev–Trinajstić information content (AvgIpc) is 2.37. The topological polar surface area (TPSA) is 69.6 Å². The number of piperidine rings is 1. The monoisotopic (exact) mass is 270 g/mol. The molecule has 1 fully saturated rings. The lowest BCUT2D eigenvalue weighted by atomic mass is 9.84. The highest BCUT2D eigenvalue weighted by molar-refractivity contribution is 5.74. The van der Waals surface area contributed by atoms with Crippen LogP contribution in [0.5, 0.6) is 0 Å². The fraction of sp³-hybridized carbons (Fsp3) is 0.857. The first-order valence-corrected chi connectivity index (χ1v) is 7.15. The number of amides is 2. The number of rotatable bonds is 6. The molecule has 0 aromatic rings. The number of likely N-dealkylation sites (tertiary alicyclic amines) is 1. The maximum Gasteiger partial charge on any atom is 0.317 e. The number of urea groups is 1. The second-order valence-corrected chi connectivity index (χ2v) is 6.09. The molecule has 0 radical (unpaired) electrons. The average molecular weight is 270 g/mol. The largest absolute Gasteiger partial charge is 0.481 e. The molecule has 0 aliphatic carbocycles. The Hall–Kier alpha value is -1.26. The Labute approximate surface area is 115 Å². The Kier molecular flexibility index (Phi) is 6.12. The molecule has 0 aromatic heterocycles. The van der Waals surface area contributed by atoms with Gasteiger partial charge in [0.25, 0.3) is 0 Å². The van der Waals surface area contributed by atoms with Gasteiger partial charge >= 0.3 is 12.0 Å². The van der Waals surface area contributed by atoms with Gasteiger partial charge in [-0.05, 0) is 37.5 Å². The van der Waals surface area contributed by atoms with E-state index in [0.29, 0.717) is 13.0 Å². The summed E-state index contributed by atoms with van der Waals surface area (Å²) in [6.45, 7) is 6.41. The van der Waals surface area contributed by atoms with Crippen LogP contribution >= 0.6 is 0 Å². The van der Waals surface area contributed by atoms with Crippen molar-refractivity contribution >= 4 is 12.0 Å². The lowest BCUT2D eigenvalue weighted by Crippen LogP contribution is -2.43. The smallest absolute Gasteiger partial charge is 0.317 e. The van der Waals surface area contributed by atoms with Crippen LogP contribution in [0.3, 0.4) is 0 Å². The van der Waals surface area contributed by atoms with Gasteiger partial charge in [-0.2, -0.15) is 0 Å². The van der Waals surface area contributed by atoms with E-state index in [4.69, 9.17) is 5.11 Å². The minimum absolute atomic E-state index is 0.0220. The Bertz CT molecular complexity index is 310. The zero-order valence-corrected chi connectivity index (χ0v) is 12.1. The van der Waals surface area contributed by atoms with Crippen molar-refractivity contribution in [3.63, 3.8) is 0 Å². The van der Waals surface area contributed by atoms with E-state index >= 15 is 0 Å². The van der Waals surface area contributed by atoms with Gasteiger partial charge < -0.3 is 15.3 Å². The van der Waals surface area contributed by atoms with Gasteiger partial charge in [-0.3, -0.25) is 4.79 Å². The van der Waals surface area contributed by atoms with Crippen LogP contribution in [0.1, 0.15) is 52.4 Å². The Balaban J connectivity index is 2.20. The van der Waals surface area contributed by atoms with Crippen LogP contribution in [0.4, 0.5) is 4.79 Å². The zero-order valence-electron chi connectivity index (χ0n) is 12.1.